The molecule has 0 saturated carbocycles. The van der Waals surface area contributed by atoms with Crippen molar-refractivity contribution in [2.45, 2.75) is 9.79 Å². The fourth-order valence-corrected chi connectivity index (χ4v) is 4.72. The van der Waals surface area contributed by atoms with Crippen LogP contribution in [-0.4, -0.2) is 23.1 Å². The Bertz CT molecular complexity index is 972. The summed E-state index contributed by atoms with van der Waals surface area (Å²) in [6, 6.07) is 7.66. The van der Waals surface area contributed by atoms with Crippen LogP contribution in [0.2, 0.25) is 10.0 Å². The van der Waals surface area contributed by atoms with E-state index in [1.165, 1.54) is 30.3 Å². The summed E-state index contributed by atoms with van der Waals surface area (Å²) in [5.74, 6) is -0.118. The molecule has 124 valence electrons. The van der Waals surface area contributed by atoms with E-state index in [9.17, 15) is 16.8 Å². The van der Waals surface area contributed by atoms with Gasteiger partial charge >= 0.3 is 10.1 Å². The van der Waals surface area contributed by atoms with E-state index in [-0.39, 0.29) is 25.0 Å². The van der Waals surface area contributed by atoms with Gasteiger partial charge in [-0.3, -0.25) is 0 Å². The van der Waals surface area contributed by atoms with E-state index in [0.29, 0.717) is 5.02 Å². The lowest BCUT2D eigenvalue weighted by molar-refractivity contribution is 0.485. The Balaban J connectivity index is 2.51. The van der Waals surface area contributed by atoms with E-state index in [1.807, 2.05) is 0 Å². The van der Waals surface area contributed by atoms with Gasteiger partial charge in [0.25, 0.3) is 0 Å². The molecule has 0 spiro atoms. The SMILES string of the molecule is CS(=O)(=O)c1ccc(Br)c(S(=O)(=O)Oc2ccc(Cl)cc2Cl)c1. The third kappa shape index (κ3) is 4.39. The van der Waals surface area contributed by atoms with Crippen molar-refractivity contribution in [2.24, 2.45) is 0 Å². The first-order valence-electron chi connectivity index (χ1n) is 5.90. The summed E-state index contributed by atoms with van der Waals surface area (Å²) in [6.07, 6.45) is 0.976. The van der Waals surface area contributed by atoms with Crippen LogP contribution in [0.5, 0.6) is 5.75 Å². The molecule has 0 amide bonds. The van der Waals surface area contributed by atoms with E-state index in [4.69, 9.17) is 27.4 Å². The molecule has 2 aromatic carbocycles. The van der Waals surface area contributed by atoms with Gasteiger partial charge in [-0.25, -0.2) is 8.42 Å². The molecule has 23 heavy (non-hydrogen) atoms. The van der Waals surface area contributed by atoms with Gasteiger partial charge in [0, 0.05) is 15.8 Å². The van der Waals surface area contributed by atoms with Crippen molar-refractivity contribution < 1.29 is 21.0 Å². The van der Waals surface area contributed by atoms with Gasteiger partial charge in [0.2, 0.25) is 0 Å². The lowest BCUT2D eigenvalue weighted by Gasteiger charge is -2.11. The van der Waals surface area contributed by atoms with Gasteiger partial charge in [-0.05, 0) is 52.3 Å². The Morgan fingerprint density at radius 2 is 1.65 bits per heavy atom. The lowest BCUT2D eigenvalue weighted by atomic mass is 10.3. The smallest absolute Gasteiger partial charge is 0.340 e. The molecule has 0 saturated heterocycles. The zero-order valence-corrected chi connectivity index (χ0v) is 16.2. The Morgan fingerprint density at radius 1 is 1.00 bits per heavy atom. The Morgan fingerprint density at radius 3 is 2.22 bits per heavy atom. The van der Waals surface area contributed by atoms with Crippen molar-refractivity contribution in [3.8, 4) is 5.75 Å². The highest BCUT2D eigenvalue weighted by Crippen LogP contribution is 2.32. The fraction of sp³-hybridized carbons (Fsp3) is 0.0769. The minimum absolute atomic E-state index is 0.0106. The lowest BCUT2D eigenvalue weighted by Crippen LogP contribution is -2.12. The Labute approximate surface area is 152 Å². The van der Waals surface area contributed by atoms with E-state index in [0.717, 1.165) is 12.3 Å². The molecule has 0 aliphatic heterocycles. The number of benzene rings is 2. The predicted molar refractivity (Wildman–Crippen MR) is 91.5 cm³/mol. The van der Waals surface area contributed by atoms with Gasteiger partial charge in [0.15, 0.2) is 15.6 Å². The monoisotopic (exact) mass is 458 g/mol. The molecule has 2 aromatic rings. The fourth-order valence-electron chi connectivity index (χ4n) is 1.61. The van der Waals surface area contributed by atoms with Crippen molar-refractivity contribution >= 4 is 59.1 Å². The van der Waals surface area contributed by atoms with Gasteiger partial charge < -0.3 is 4.18 Å². The molecule has 0 bridgehead atoms. The highest BCUT2D eigenvalue weighted by atomic mass is 79.9. The first-order chi connectivity index (χ1) is 10.5. The molecule has 0 unspecified atom stereocenters. The van der Waals surface area contributed by atoms with E-state index < -0.39 is 20.0 Å². The second kappa shape index (κ2) is 6.60. The number of sulfone groups is 1. The van der Waals surface area contributed by atoms with Crippen molar-refractivity contribution in [1.29, 1.82) is 0 Å². The summed E-state index contributed by atoms with van der Waals surface area (Å²) in [5.41, 5.74) is 0. The summed E-state index contributed by atoms with van der Waals surface area (Å²) in [4.78, 5) is -0.475. The number of hydrogen-bond donors (Lipinski definition) is 0. The first kappa shape index (κ1) is 18.5. The third-order valence-electron chi connectivity index (χ3n) is 2.69. The minimum Gasteiger partial charge on any atom is -0.377 e. The van der Waals surface area contributed by atoms with Crippen molar-refractivity contribution in [2.75, 3.05) is 6.26 Å². The summed E-state index contributed by atoms with van der Waals surface area (Å²) < 4.78 is 53.1. The Hall–Kier alpha value is -0.800. The van der Waals surface area contributed by atoms with E-state index >= 15 is 0 Å². The molecule has 0 N–H and O–H groups in total. The zero-order chi connectivity index (χ0) is 17.4. The zero-order valence-electron chi connectivity index (χ0n) is 11.5. The number of hydrogen-bond acceptors (Lipinski definition) is 5. The average Bonchev–Trinajstić information content (AvgIpc) is 2.41. The van der Waals surface area contributed by atoms with Crippen LogP contribution >= 0.6 is 39.1 Å². The Kier molecular flexibility index (Phi) is 5.32. The van der Waals surface area contributed by atoms with Crippen LogP contribution < -0.4 is 4.18 Å². The molecule has 0 aliphatic carbocycles. The maximum absolute atomic E-state index is 12.4. The first-order valence-corrected chi connectivity index (χ1v) is 10.7. The average molecular weight is 460 g/mol. The summed E-state index contributed by atoms with van der Waals surface area (Å²) in [7, 11) is -7.87. The third-order valence-corrected chi connectivity index (χ3v) is 6.56. The van der Waals surface area contributed by atoms with Gasteiger partial charge in [-0.1, -0.05) is 23.2 Å². The normalized spacial score (nSPS) is 12.2. The van der Waals surface area contributed by atoms with E-state index in [1.54, 1.807) is 0 Å². The van der Waals surface area contributed by atoms with Gasteiger partial charge in [0.05, 0.1) is 9.92 Å². The predicted octanol–water partition coefficient (Wildman–Crippen LogP) is 3.93. The largest absolute Gasteiger partial charge is 0.377 e. The highest BCUT2D eigenvalue weighted by Gasteiger charge is 2.23. The summed E-state index contributed by atoms with van der Waals surface area (Å²) in [5, 5.41) is 0.330. The quantitative estimate of drug-likeness (QED) is 0.647. The standard InChI is InChI=1S/C13H9BrCl2O5S2/c1-22(17,18)9-3-4-10(14)13(7-9)23(19,20)21-12-5-2-8(15)6-11(12)16/h2-7H,1H3. The van der Waals surface area contributed by atoms with Crippen molar-refractivity contribution in [3.05, 3.63) is 50.9 Å². The van der Waals surface area contributed by atoms with Crippen molar-refractivity contribution in [3.63, 3.8) is 0 Å². The molecule has 2 rings (SSSR count). The van der Waals surface area contributed by atoms with Gasteiger partial charge in [-0.2, -0.15) is 8.42 Å². The molecule has 0 aliphatic rings. The summed E-state index contributed by atoms with van der Waals surface area (Å²) in [6.45, 7) is 0. The van der Waals surface area contributed by atoms with Gasteiger partial charge in [0.1, 0.15) is 4.90 Å². The van der Waals surface area contributed by atoms with Crippen LogP contribution in [0.4, 0.5) is 0 Å². The number of halogens is 3. The second-order valence-electron chi connectivity index (χ2n) is 4.48. The van der Waals surface area contributed by atoms with Crippen LogP contribution in [0.15, 0.2) is 50.7 Å². The highest BCUT2D eigenvalue weighted by molar-refractivity contribution is 9.10. The molecular weight excluding hydrogens is 451 g/mol. The van der Waals surface area contributed by atoms with Crippen molar-refractivity contribution in [1.82, 2.24) is 0 Å². The maximum atomic E-state index is 12.4. The van der Waals surface area contributed by atoms with Gasteiger partial charge in [-0.15, -0.1) is 0 Å². The second-order valence-corrected chi connectivity index (χ2v) is 9.71. The van der Waals surface area contributed by atoms with E-state index in [2.05, 4.69) is 15.9 Å². The minimum atomic E-state index is -4.30. The molecule has 0 radical (unpaired) electrons. The van der Waals surface area contributed by atoms with Crippen LogP contribution in [0, 0.1) is 0 Å². The molecule has 5 nitrogen and oxygen atoms in total. The van der Waals surface area contributed by atoms with Crippen LogP contribution in [0.25, 0.3) is 0 Å². The molecule has 10 heteroatoms. The van der Waals surface area contributed by atoms with Crippen LogP contribution in [0.3, 0.4) is 0 Å². The molecular formula is C13H9BrCl2O5S2. The topological polar surface area (TPSA) is 77.5 Å². The number of rotatable bonds is 4. The molecule has 0 atom stereocenters. The van der Waals surface area contributed by atoms with Crippen LogP contribution in [-0.2, 0) is 20.0 Å². The maximum Gasteiger partial charge on any atom is 0.340 e. The summed E-state index contributed by atoms with van der Waals surface area (Å²) >= 11 is 14.7. The molecule has 0 fully saturated rings. The van der Waals surface area contributed by atoms with Crippen LogP contribution in [0.1, 0.15) is 0 Å². The molecule has 0 aromatic heterocycles. The molecule has 0 heterocycles.